The van der Waals surface area contributed by atoms with Gasteiger partial charge in [0.2, 0.25) is 0 Å². The van der Waals surface area contributed by atoms with E-state index in [1.165, 1.54) is 25.7 Å². The van der Waals surface area contributed by atoms with Crippen LogP contribution in [0.3, 0.4) is 0 Å². The summed E-state index contributed by atoms with van der Waals surface area (Å²) in [6.07, 6.45) is 5.33. The Morgan fingerprint density at radius 3 is 2.41 bits per heavy atom. The highest BCUT2D eigenvalue weighted by atomic mass is 16.4. The minimum atomic E-state index is -0.680. The molecule has 17 heavy (non-hydrogen) atoms. The molecule has 0 spiro atoms. The molecule has 1 atom stereocenters. The van der Waals surface area contributed by atoms with Crippen LogP contribution < -0.4 is 0 Å². The monoisotopic (exact) mass is 241 g/mol. The summed E-state index contributed by atoms with van der Waals surface area (Å²) >= 11 is 0. The number of hydrogen-bond acceptors (Lipinski definition) is 2. The Kier molecular flexibility index (Phi) is 5.96. The van der Waals surface area contributed by atoms with Crippen molar-refractivity contribution in [3.05, 3.63) is 0 Å². The van der Waals surface area contributed by atoms with E-state index in [1.54, 1.807) is 6.92 Å². The molecule has 1 fully saturated rings. The number of hydrogen-bond donors (Lipinski definition) is 1. The Bertz CT molecular complexity index is 234. The third-order valence-corrected chi connectivity index (χ3v) is 4.05. The number of rotatable bonds is 6. The Hall–Kier alpha value is -0.570. The molecule has 0 aromatic carbocycles. The fraction of sp³-hybridized carbons (Fsp3) is 0.929. The van der Waals surface area contributed by atoms with Crippen molar-refractivity contribution in [1.82, 2.24) is 4.90 Å². The van der Waals surface area contributed by atoms with Crippen LogP contribution in [0.2, 0.25) is 0 Å². The van der Waals surface area contributed by atoms with Crippen LogP contribution in [-0.2, 0) is 4.79 Å². The van der Waals surface area contributed by atoms with Gasteiger partial charge in [0.15, 0.2) is 0 Å². The number of carboxylic acids is 1. The van der Waals surface area contributed by atoms with E-state index in [1.807, 2.05) is 0 Å². The van der Waals surface area contributed by atoms with E-state index in [9.17, 15) is 4.79 Å². The van der Waals surface area contributed by atoms with Crippen LogP contribution in [0.4, 0.5) is 0 Å². The Morgan fingerprint density at radius 2 is 1.94 bits per heavy atom. The van der Waals surface area contributed by atoms with Gasteiger partial charge in [0.1, 0.15) is 0 Å². The van der Waals surface area contributed by atoms with Gasteiger partial charge in [-0.05, 0) is 31.2 Å². The van der Waals surface area contributed by atoms with Gasteiger partial charge in [0.05, 0.1) is 5.92 Å². The van der Waals surface area contributed by atoms with Crippen molar-refractivity contribution in [2.45, 2.75) is 46.5 Å². The van der Waals surface area contributed by atoms with Crippen LogP contribution in [0.25, 0.3) is 0 Å². The average Bonchev–Trinajstić information content (AvgIpc) is 2.30. The number of carbonyl (C=O) groups is 1. The summed E-state index contributed by atoms with van der Waals surface area (Å²) in [6.45, 7) is 9.00. The van der Waals surface area contributed by atoms with Crippen LogP contribution in [0.5, 0.6) is 0 Å². The Balaban J connectivity index is 2.33. The SMILES string of the molecule is CCN(CC1CCC(C)CC1)CC(C)C(=O)O. The van der Waals surface area contributed by atoms with E-state index in [0.717, 1.165) is 24.9 Å². The maximum atomic E-state index is 10.9. The second kappa shape index (κ2) is 7.00. The Labute approximate surface area is 105 Å². The van der Waals surface area contributed by atoms with Crippen molar-refractivity contribution in [3.63, 3.8) is 0 Å². The largest absolute Gasteiger partial charge is 0.481 e. The van der Waals surface area contributed by atoms with E-state index in [-0.39, 0.29) is 5.92 Å². The fourth-order valence-electron chi connectivity index (χ4n) is 2.67. The minimum absolute atomic E-state index is 0.252. The molecule has 1 rings (SSSR count). The first-order valence-electron chi connectivity index (χ1n) is 6.98. The highest BCUT2D eigenvalue weighted by Crippen LogP contribution is 2.28. The maximum Gasteiger partial charge on any atom is 0.307 e. The second-order valence-electron chi connectivity index (χ2n) is 5.72. The molecule has 1 aliphatic carbocycles. The van der Waals surface area contributed by atoms with Crippen molar-refractivity contribution in [2.75, 3.05) is 19.6 Å². The van der Waals surface area contributed by atoms with Gasteiger partial charge in [-0.15, -0.1) is 0 Å². The molecule has 0 aromatic rings. The van der Waals surface area contributed by atoms with E-state index < -0.39 is 5.97 Å². The lowest BCUT2D eigenvalue weighted by atomic mass is 9.83. The van der Waals surface area contributed by atoms with Crippen LogP contribution in [-0.4, -0.2) is 35.6 Å². The van der Waals surface area contributed by atoms with E-state index in [0.29, 0.717) is 6.54 Å². The predicted octanol–water partition coefficient (Wildman–Crippen LogP) is 2.86. The van der Waals surface area contributed by atoms with Crippen molar-refractivity contribution >= 4 is 5.97 Å². The Morgan fingerprint density at radius 1 is 1.35 bits per heavy atom. The number of nitrogens with zero attached hydrogens (tertiary/aromatic N) is 1. The standard InChI is InChI=1S/C14H27NO2/c1-4-15(9-12(3)14(16)17)10-13-7-5-11(2)6-8-13/h11-13H,4-10H2,1-3H3,(H,16,17). The first-order chi connectivity index (χ1) is 8.02. The average molecular weight is 241 g/mol. The molecule has 0 amide bonds. The maximum absolute atomic E-state index is 10.9. The van der Waals surface area contributed by atoms with E-state index in [4.69, 9.17) is 5.11 Å². The normalized spacial score (nSPS) is 27.1. The van der Waals surface area contributed by atoms with Crippen LogP contribution in [0.1, 0.15) is 46.5 Å². The number of aliphatic carboxylic acids is 1. The molecule has 100 valence electrons. The minimum Gasteiger partial charge on any atom is -0.481 e. The molecule has 0 saturated heterocycles. The summed E-state index contributed by atoms with van der Waals surface area (Å²) in [5.41, 5.74) is 0. The first-order valence-corrected chi connectivity index (χ1v) is 6.98. The highest BCUT2D eigenvalue weighted by Gasteiger charge is 2.22. The fourth-order valence-corrected chi connectivity index (χ4v) is 2.67. The smallest absolute Gasteiger partial charge is 0.307 e. The van der Waals surface area contributed by atoms with Crippen molar-refractivity contribution in [3.8, 4) is 0 Å². The third kappa shape index (κ3) is 5.07. The molecule has 3 nitrogen and oxygen atoms in total. The molecule has 1 N–H and O–H groups in total. The van der Waals surface area contributed by atoms with Crippen LogP contribution >= 0.6 is 0 Å². The molecule has 1 saturated carbocycles. The quantitative estimate of drug-likeness (QED) is 0.777. The summed E-state index contributed by atoms with van der Waals surface area (Å²) in [6, 6.07) is 0. The second-order valence-corrected chi connectivity index (χ2v) is 5.72. The van der Waals surface area contributed by atoms with Crippen LogP contribution in [0.15, 0.2) is 0 Å². The van der Waals surface area contributed by atoms with Gasteiger partial charge in [0, 0.05) is 13.1 Å². The van der Waals surface area contributed by atoms with Crippen molar-refractivity contribution in [1.29, 1.82) is 0 Å². The van der Waals surface area contributed by atoms with Crippen LogP contribution in [0, 0.1) is 17.8 Å². The lowest BCUT2D eigenvalue weighted by molar-refractivity contribution is -0.141. The van der Waals surface area contributed by atoms with Gasteiger partial charge in [-0.2, -0.15) is 0 Å². The molecule has 0 aromatic heterocycles. The molecule has 1 aliphatic rings. The van der Waals surface area contributed by atoms with E-state index in [2.05, 4.69) is 18.7 Å². The topological polar surface area (TPSA) is 40.5 Å². The van der Waals surface area contributed by atoms with Gasteiger partial charge in [0.25, 0.3) is 0 Å². The van der Waals surface area contributed by atoms with Gasteiger partial charge in [-0.3, -0.25) is 4.79 Å². The highest BCUT2D eigenvalue weighted by molar-refractivity contribution is 5.69. The summed E-state index contributed by atoms with van der Waals surface area (Å²) < 4.78 is 0. The molecular formula is C14H27NO2. The molecule has 3 heteroatoms. The van der Waals surface area contributed by atoms with Crippen molar-refractivity contribution in [2.24, 2.45) is 17.8 Å². The zero-order chi connectivity index (χ0) is 12.8. The molecule has 0 heterocycles. The lowest BCUT2D eigenvalue weighted by Gasteiger charge is -2.31. The van der Waals surface area contributed by atoms with E-state index >= 15 is 0 Å². The molecule has 0 aliphatic heterocycles. The van der Waals surface area contributed by atoms with Crippen molar-refractivity contribution < 1.29 is 9.90 Å². The van der Waals surface area contributed by atoms with Gasteiger partial charge < -0.3 is 10.0 Å². The molecule has 0 bridgehead atoms. The summed E-state index contributed by atoms with van der Waals surface area (Å²) in [5, 5.41) is 8.94. The van der Waals surface area contributed by atoms with Gasteiger partial charge in [-0.1, -0.05) is 33.6 Å². The first kappa shape index (κ1) is 14.5. The zero-order valence-corrected chi connectivity index (χ0v) is 11.5. The third-order valence-electron chi connectivity index (χ3n) is 4.05. The summed E-state index contributed by atoms with van der Waals surface area (Å²) in [4.78, 5) is 13.2. The summed E-state index contributed by atoms with van der Waals surface area (Å²) in [5.74, 6) is 0.740. The lowest BCUT2D eigenvalue weighted by Crippen LogP contribution is -2.36. The zero-order valence-electron chi connectivity index (χ0n) is 11.5. The molecular weight excluding hydrogens is 214 g/mol. The number of carboxylic acid groups (broad SMARTS) is 1. The predicted molar refractivity (Wildman–Crippen MR) is 70.0 cm³/mol. The molecule has 0 radical (unpaired) electrons. The summed E-state index contributed by atoms with van der Waals surface area (Å²) in [7, 11) is 0. The van der Waals surface area contributed by atoms with Gasteiger partial charge in [-0.25, -0.2) is 0 Å². The van der Waals surface area contributed by atoms with Gasteiger partial charge >= 0.3 is 5.97 Å². The molecule has 1 unspecified atom stereocenters.